The highest BCUT2D eigenvalue weighted by Gasteiger charge is 2.17. The van der Waals surface area contributed by atoms with E-state index in [2.05, 4.69) is 74.6 Å². The normalized spacial score (nSPS) is 16.8. The molecule has 1 aromatic carbocycles. The molecule has 0 unspecified atom stereocenters. The van der Waals surface area contributed by atoms with Crippen molar-refractivity contribution in [2.24, 2.45) is 0 Å². The van der Waals surface area contributed by atoms with Crippen LogP contribution >= 0.6 is 12.6 Å². The summed E-state index contributed by atoms with van der Waals surface area (Å²) in [5, 5.41) is 9.22. The number of benzene rings is 1. The molecule has 0 bridgehead atoms. The van der Waals surface area contributed by atoms with Gasteiger partial charge in [0, 0.05) is 32.7 Å². The lowest BCUT2D eigenvalue weighted by molar-refractivity contribution is 0.143. The first-order chi connectivity index (χ1) is 11.2. The maximum atomic E-state index is 4.47. The predicted molar refractivity (Wildman–Crippen MR) is 94.8 cm³/mol. The summed E-state index contributed by atoms with van der Waals surface area (Å²) in [7, 11) is 2.18. The van der Waals surface area contributed by atoms with Crippen molar-refractivity contribution in [2.45, 2.75) is 31.1 Å². The van der Waals surface area contributed by atoms with Gasteiger partial charge in [0.2, 0.25) is 0 Å². The largest absolute Gasteiger partial charge is 0.305 e. The van der Waals surface area contributed by atoms with Crippen LogP contribution in [0.25, 0.3) is 0 Å². The third-order valence-corrected chi connectivity index (χ3v) is 4.79. The lowest BCUT2D eigenvalue weighted by Gasteiger charge is -2.31. The predicted octanol–water partition coefficient (Wildman–Crippen LogP) is 1.95. The fourth-order valence-corrected chi connectivity index (χ4v) is 3.22. The van der Waals surface area contributed by atoms with Gasteiger partial charge in [0.1, 0.15) is 5.82 Å². The van der Waals surface area contributed by atoms with Crippen LogP contribution in [-0.2, 0) is 19.5 Å². The number of rotatable bonds is 6. The van der Waals surface area contributed by atoms with Crippen molar-refractivity contribution in [3.8, 4) is 0 Å². The topological polar surface area (TPSA) is 37.2 Å². The Morgan fingerprint density at radius 3 is 2.52 bits per heavy atom. The molecule has 1 fully saturated rings. The summed E-state index contributed by atoms with van der Waals surface area (Å²) in [5.41, 5.74) is 1.38. The average molecular weight is 331 g/mol. The Hall–Kier alpha value is -1.37. The molecule has 1 aliphatic rings. The fourth-order valence-electron chi connectivity index (χ4n) is 2.96. The number of likely N-dealkylation sites (N-methyl/N-ethyl adjacent to an activating group) is 1. The van der Waals surface area contributed by atoms with Gasteiger partial charge in [-0.2, -0.15) is 0 Å². The van der Waals surface area contributed by atoms with Gasteiger partial charge in [-0.1, -0.05) is 30.3 Å². The van der Waals surface area contributed by atoms with Crippen molar-refractivity contribution in [1.82, 2.24) is 24.6 Å². The molecule has 23 heavy (non-hydrogen) atoms. The van der Waals surface area contributed by atoms with E-state index in [1.165, 1.54) is 5.56 Å². The summed E-state index contributed by atoms with van der Waals surface area (Å²) in [6.45, 7) is 6.22. The lowest BCUT2D eigenvalue weighted by atomic mass is 10.1. The van der Waals surface area contributed by atoms with Crippen LogP contribution < -0.4 is 0 Å². The third kappa shape index (κ3) is 4.56. The van der Waals surface area contributed by atoms with E-state index in [4.69, 9.17) is 0 Å². The Morgan fingerprint density at radius 2 is 1.78 bits per heavy atom. The Balaban J connectivity index is 1.56. The minimum Gasteiger partial charge on any atom is -0.305 e. The summed E-state index contributed by atoms with van der Waals surface area (Å²) < 4.78 is 2.16. The molecule has 6 heteroatoms. The second kappa shape index (κ2) is 7.95. The van der Waals surface area contributed by atoms with Crippen molar-refractivity contribution < 1.29 is 0 Å². The van der Waals surface area contributed by atoms with E-state index in [1.807, 2.05) is 0 Å². The van der Waals surface area contributed by atoms with E-state index < -0.39 is 0 Å². The van der Waals surface area contributed by atoms with Crippen molar-refractivity contribution in [2.75, 3.05) is 33.2 Å². The SMILES string of the molecule is CN1CCN(Cc2nnc(S)n2CCCc2ccccc2)CC1. The monoisotopic (exact) mass is 331 g/mol. The van der Waals surface area contributed by atoms with Gasteiger partial charge in [0.25, 0.3) is 0 Å². The number of hydrogen-bond donors (Lipinski definition) is 1. The van der Waals surface area contributed by atoms with E-state index in [0.717, 1.165) is 63.1 Å². The number of piperazine rings is 1. The van der Waals surface area contributed by atoms with Crippen LogP contribution in [0.3, 0.4) is 0 Å². The first-order valence-corrected chi connectivity index (χ1v) is 8.73. The number of hydrogen-bond acceptors (Lipinski definition) is 5. The van der Waals surface area contributed by atoms with Crippen molar-refractivity contribution >= 4 is 12.6 Å². The minimum absolute atomic E-state index is 0.724. The highest BCUT2D eigenvalue weighted by Crippen LogP contribution is 2.13. The molecular weight excluding hydrogens is 306 g/mol. The van der Waals surface area contributed by atoms with Gasteiger partial charge in [-0.25, -0.2) is 0 Å². The van der Waals surface area contributed by atoms with E-state index in [1.54, 1.807) is 0 Å². The molecule has 124 valence electrons. The van der Waals surface area contributed by atoms with Crippen LogP contribution in [0.2, 0.25) is 0 Å². The molecule has 0 N–H and O–H groups in total. The van der Waals surface area contributed by atoms with Crippen molar-refractivity contribution in [3.05, 3.63) is 41.7 Å². The molecule has 0 aliphatic carbocycles. The van der Waals surface area contributed by atoms with Gasteiger partial charge >= 0.3 is 0 Å². The molecule has 1 aromatic heterocycles. The zero-order valence-electron chi connectivity index (χ0n) is 13.7. The number of thiol groups is 1. The summed E-state index contributed by atoms with van der Waals surface area (Å²) in [6.07, 6.45) is 2.14. The van der Waals surface area contributed by atoms with Crippen LogP contribution in [0.5, 0.6) is 0 Å². The van der Waals surface area contributed by atoms with E-state index in [0.29, 0.717) is 0 Å². The van der Waals surface area contributed by atoms with Gasteiger partial charge in [0.15, 0.2) is 5.16 Å². The highest BCUT2D eigenvalue weighted by molar-refractivity contribution is 7.80. The van der Waals surface area contributed by atoms with Crippen LogP contribution in [-0.4, -0.2) is 57.8 Å². The number of aryl methyl sites for hydroxylation is 1. The van der Waals surface area contributed by atoms with Crippen LogP contribution in [0.1, 0.15) is 17.8 Å². The second-order valence-electron chi connectivity index (χ2n) is 6.24. The Kier molecular flexibility index (Phi) is 5.70. The van der Waals surface area contributed by atoms with E-state index >= 15 is 0 Å². The van der Waals surface area contributed by atoms with Gasteiger partial charge in [-0.05, 0) is 25.5 Å². The quantitative estimate of drug-likeness (QED) is 0.821. The maximum absolute atomic E-state index is 4.47. The maximum Gasteiger partial charge on any atom is 0.188 e. The van der Waals surface area contributed by atoms with Gasteiger partial charge in [-0.3, -0.25) is 4.90 Å². The molecule has 5 nitrogen and oxygen atoms in total. The molecular formula is C17H25N5S. The Morgan fingerprint density at radius 1 is 1.04 bits per heavy atom. The third-order valence-electron chi connectivity index (χ3n) is 4.46. The first kappa shape index (κ1) is 16.5. The minimum atomic E-state index is 0.724. The molecule has 0 saturated carbocycles. The van der Waals surface area contributed by atoms with Crippen LogP contribution in [0, 0.1) is 0 Å². The average Bonchev–Trinajstić information content (AvgIpc) is 2.91. The molecule has 0 atom stereocenters. The fraction of sp³-hybridized carbons (Fsp3) is 0.529. The second-order valence-corrected chi connectivity index (χ2v) is 6.64. The molecule has 1 saturated heterocycles. The van der Waals surface area contributed by atoms with Crippen molar-refractivity contribution in [1.29, 1.82) is 0 Å². The number of nitrogens with zero attached hydrogens (tertiary/aromatic N) is 5. The zero-order valence-corrected chi connectivity index (χ0v) is 14.6. The van der Waals surface area contributed by atoms with Gasteiger partial charge in [0.05, 0.1) is 6.54 Å². The van der Waals surface area contributed by atoms with Gasteiger partial charge in [-0.15, -0.1) is 22.8 Å². The Bertz CT molecular complexity index is 605. The molecule has 0 radical (unpaired) electrons. The van der Waals surface area contributed by atoms with Crippen LogP contribution in [0.4, 0.5) is 0 Å². The molecule has 2 heterocycles. The zero-order chi connectivity index (χ0) is 16.1. The van der Waals surface area contributed by atoms with Crippen LogP contribution in [0.15, 0.2) is 35.5 Å². The molecule has 0 amide bonds. The summed E-state index contributed by atoms with van der Waals surface area (Å²) in [4.78, 5) is 4.82. The van der Waals surface area contributed by atoms with Crippen molar-refractivity contribution in [3.63, 3.8) is 0 Å². The number of aromatic nitrogens is 3. The Labute approximate surface area is 143 Å². The first-order valence-electron chi connectivity index (χ1n) is 8.28. The summed E-state index contributed by atoms with van der Waals surface area (Å²) >= 11 is 4.47. The standard InChI is InChI=1S/C17H25N5S/c1-20-10-12-21(13-11-20)14-16-18-19-17(23)22(16)9-5-8-15-6-3-2-4-7-15/h2-4,6-7H,5,8-14H2,1H3,(H,19,23). The lowest BCUT2D eigenvalue weighted by Crippen LogP contribution is -2.44. The molecule has 1 aliphatic heterocycles. The highest BCUT2D eigenvalue weighted by atomic mass is 32.1. The molecule has 0 spiro atoms. The van der Waals surface area contributed by atoms with Gasteiger partial charge < -0.3 is 9.47 Å². The van der Waals surface area contributed by atoms with E-state index in [-0.39, 0.29) is 0 Å². The molecule has 2 aromatic rings. The summed E-state index contributed by atoms with van der Waals surface area (Å²) in [6, 6.07) is 10.6. The molecule has 3 rings (SSSR count). The summed E-state index contributed by atoms with van der Waals surface area (Å²) in [5.74, 6) is 1.03. The smallest absolute Gasteiger partial charge is 0.188 e. The van der Waals surface area contributed by atoms with E-state index in [9.17, 15) is 0 Å².